The quantitative estimate of drug-likeness (QED) is 0.762. The molecule has 0 aliphatic carbocycles. The highest BCUT2D eigenvalue weighted by atomic mass is 32.1. The first-order chi connectivity index (χ1) is 7.66. The van der Waals surface area contributed by atoms with E-state index in [-0.39, 0.29) is 6.04 Å². The molecule has 0 aromatic carbocycles. The lowest BCUT2D eigenvalue weighted by molar-refractivity contribution is 0.550. The molecule has 86 valence electrons. The van der Waals surface area contributed by atoms with Gasteiger partial charge in [0.25, 0.3) is 0 Å². The summed E-state index contributed by atoms with van der Waals surface area (Å²) in [5, 5.41) is 11.9. The Morgan fingerprint density at radius 1 is 1.50 bits per heavy atom. The average molecular weight is 237 g/mol. The summed E-state index contributed by atoms with van der Waals surface area (Å²) < 4.78 is 0. The second kappa shape index (κ2) is 4.52. The standard InChI is InChI=1S/C10H15N5S/c1-6(2)8(7-4-3-5-16-7)12-10-13-9(11)14-15-10/h3-6,8H,1-2H3,(H4,11,12,13,14,15). The van der Waals surface area contributed by atoms with Crippen molar-refractivity contribution < 1.29 is 0 Å². The SMILES string of the molecule is CC(C)C(Nc1n[nH]c(N)n1)c1cccs1. The average Bonchev–Trinajstić information content (AvgIpc) is 2.84. The number of anilines is 2. The molecule has 2 rings (SSSR count). The van der Waals surface area contributed by atoms with Crippen molar-refractivity contribution in [2.24, 2.45) is 5.92 Å². The first kappa shape index (κ1) is 10.9. The molecule has 0 aliphatic heterocycles. The molecule has 2 aromatic heterocycles. The number of nitrogens with two attached hydrogens (primary N) is 1. The molecule has 0 bridgehead atoms. The molecule has 4 N–H and O–H groups in total. The number of aromatic nitrogens is 3. The number of nitrogen functional groups attached to an aromatic ring is 1. The van der Waals surface area contributed by atoms with Gasteiger partial charge in [0.1, 0.15) is 0 Å². The van der Waals surface area contributed by atoms with Crippen LogP contribution in [0.3, 0.4) is 0 Å². The molecule has 0 fully saturated rings. The lowest BCUT2D eigenvalue weighted by Crippen LogP contribution is -2.16. The zero-order valence-electron chi connectivity index (χ0n) is 9.27. The summed E-state index contributed by atoms with van der Waals surface area (Å²) >= 11 is 1.73. The van der Waals surface area contributed by atoms with E-state index in [0.29, 0.717) is 17.8 Å². The lowest BCUT2D eigenvalue weighted by Gasteiger charge is -2.19. The number of nitrogens with one attached hydrogen (secondary N) is 2. The van der Waals surface area contributed by atoms with E-state index in [4.69, 9.17) is 5.73 Å². The lowest BCUT2D eigenvalue weighted by atomic mass is 10.0. The monoisotopic (exact) mass is 237 g/mol. The van der Waals surface area contributed by atoms with E-state index >= 15 is 0 Å². The Bertz CT molecular complexity index is 434. The van der Waals surface area contributed by atoms with Gasteiger partial charge in [-0.05, 0) is 17.4 Å². The summed E-state index contributed by atoms with van der Waals surface area (Å²) in [5.41, 5.74) is 5.48. The topological polar surface area (TPSA) is 79.6 Å². The van der Waals surface area contributed by atoms with Crippen molar-refractivity contribution in [1.29, 1.82) is 0 Å². The highest BCUT2D eigenvalue weighted by molar-refractivity contribution is 7.10. The van der Waals surface area contributed by atoms with Crippen LogP contribution in [0, 0.1) is 5.92 Å². The summed E-state index contributed by atoms with van der Waals surface area (Å²) in [7, 11) is 0. The molecule has 0 amide bonds. The highest BCUT2D eigenvalue weighted by Gasteiger charge is 2.18. The van der Waals surface area contributed by atoms with Crippen molar-refractivity contribution in [3.63, 3.8) is 0 Å². The second-order valence-corrected chi connectivity index (χ2v) is 4.90. The molecule has 0 saturated heterocycles. The maximum atomic E-state index is 5.48. The van der Waals surface area contributed by atoms with Crippen LogP contribution in [0.1, 0.15) is 24.8 Å². The van der Waals surface area contributed by atoms with Gasteiger partial charge < -0.3 is 11.1 Å². The van der Waals surface area contributed by atoms with Crippen molar-refractivity contribution >= 4 is 23.2 Å². The largest absolute Gasteiger partial charge is 0.368 e. The third kappa shape index (κ3) is 2.33. The first-order valence-corrected chi connectivity index (χ1v) is 6.02. The Kier molecular flexibility index (Phi) is 3.09. The maximum absolute atomic E-state index is 5.48. The van der Waals surface area contributed by atoms with Crippen LogP contribution in [0.5, 0.6) is 0 Å². The van der Waals surface area contributed by atoms with Gasteiger partial charge in [0.05, 0.1) is 6.04 Å². The van der Waals surface area contributed by atoms with Crippen molar-refractivity contribution in [1.82, 2.24) is 15.2 Å². The minimum absolute atomic E-state index is 0.218. The third-order valence-corrected chi connectivity index (χ3v) is 3.26. The van der Waals surface area contributed by atoms with Crippen molar-refractivity contribution in [2.75, 3.05) is 11.1 Å². The predicted molar refractivity (Wildman–Crippen MR) is 66.3 cm³/mol. The van der Waals surface area contributed by atoms with Crippen LogP contribution >= 0.6 is 11.3 Å². The van der Waals surface area contributed by atoms with Crippen LogP contribution < -0.4 is 11.1 Å². The third-order valence-electron chi connectivity index (χ3n) is 2.30. The van der Waals surface area contributed by atoms with Crippen LogP contribution in [0.25, 0.3) is 0 Å². The van der Waals surface area contributed by atoms with Gasteiger partial charge in [-0.2, -0.15) is 4.98 Å². The fourth-order valence-electron chi connectivity index (χ4n) is 1.51. The number of nitrogens with zero attached hydrogens (tertiary/aromatic N) is 2. The number of H-pyrrole nitrogens is 1. The molecular formula is C10H15N5S. The van der Waals surface area contributed by atoms with E-state index in [2.05, 4.69) is 45.8 Å². The minimum Gasteiger partial charge on any atom is -0.368 e. The zero-order chi connectivity index (χ0) is 11.5. The van der Waals surface area contributed by atoms with E-state index in [1.54, 1.807) is 11.3 Å². The van der Waals surface area contributed by atoms with Crippen LogP contribution in [-0.2, 0) is 0 Å². The summed E-state index contributed by atoms with van der Waals surface area (Å²) in [6.07, 6.45) is 0. The Morgan fingerprint density at radius 3 is 2.81 bits per heavy atom. The van der Waals surface area contributed by atoms with E-state index in [9.17, 15) is 0 Å². The van der Waals surface area contributed by atoms with Crippen molar-refractivity contribution in [3.05, 3.63) is 22.4 Å². The Balaban J connectivity index is 2.15. The van der Waals surface area contributed by atoms with Gasteiger partial charge in [0, 0.05) is 4.88 Å². The molecular weight excluding hydrogens is 222 g/mol. The van der Waals surface area contributed by atoms with Gasteiger partial charge >= 0.3 is 0 Å². The zero-order valence-corrected chi connectivity index (χ0v) is 10.1. The molecule has 2 heterocycles. The molecule has 5 nitrogen and oxygen atoms in total. The molecule has 16 heavy (non-hydrogen) atoms. The molecule has 1 atom stereocenters. The van der Waals surface area contributed by atoms with Gasteiger partial charge in [0.2, 0.25) is 11.9 Å². The van der Waals surface area contributed by atoms with Crippen molar-refractivity contribution in [3.8, 4) is 0 Å². The first-order valence-electron chi connectivity index (χ1n) is 5.14. The molecule has 0 aliphatic rings. The highest BCUT2D eigenvalue weighted by Crippen LogP contribution is 2.28. The Hall–Kier alpha value is -1.56. The van der Waals surface area contributed by atoms with Crippen LogP contribution in [-0.4, -0.2) is 15.2 Å². The van der Waals surface area contributed by atoms with Crippen LogP contribution in [0.4, 0.5) is 11.9 Å². The number of rotatable bonds is 4. The number of thiophene rings is 1. The summed E-state index contributed by atoms with van der Waals surface area (Å²) in [6, 6.07) is 4.37. The van der Waals surface area contributed by atoms with E-state index in [0.717, 1.165) is 0 Å². The molecule has 0 spiro atoms. The predicted octanol–water partition coefficient (Wildman–Crippen LogP) is 2.26. The molecule has 0 saturated carbocycles. The number of hydrogen-bond donors (Lipinski definition) is 3. The van der Waals surface area contributed by atoms with Gasteiger partial charge in [-0.15, -0.1) is 16.4 Å². The van der Waals surface area contributed by atoms with Crippen LogP contribution in [0.2, 0.25) is 0 Å². The number of hydrogen-bond acceptors (Lipinski definition) is 5. The molecule has 2 aromatic rings. The maximum Gasteiger partial charge on any atom is 0.244 e. The van der Waals surface area contributed by atoms with Gasteiger partial charge in [-0.25, -0.2) is 5.10 Å². The fourth-order valence-corrected chi connectivity index (χ4v) is 2.46. The van der Waals surface area contributed by atoms with E-state index in [1.165, 1.54) is 4.88 Å². The molecule has 1 unspecified atom stereocenters. The van der Waals surface area contributed by atoms with Gasteiger partial charge in [0.15, 0.2) is 0 Å². The fraction of sp³-hybridized carbons (Fsp3) is 0.400. The van der Waals surface area contributed by atoms with Crippen LogP contribution in [0.15, 0.2) is 17.5 Å². The normalized spacial score (nSPS) is 12.9. The number of aromatic amines is 1. The molecule has 0 radical (unpaired) electrons. The Morgan fingerprint density at radius 2 is 2.31 bits per heavy atom. The summed E-state index contributed by atoms with van der Waals surface area (Å²) in [4.78, 5) is 5.32. The van der Waals surface area contributed by atoms with Gasteiger partial charge in [-0.3, -0.25) is 0 Å². The molecule has 6 heteroatoms. The smallest absolute Gasteiger partial charge is 0.244 e. The summed E-state index contributed by atoms with van der Waals surface area (Å²) in [5.74, 6) is 1.33. The van der Waals surface area contributed by atoms with E-state index < -0.39 is 0 Å². The minimum atomic E-state index is 0.218. The second-order valence-electron chi connectivity index (χ2n) is 3.93. The Labute approximate surface area is 98.1 Å². The van der Waals surface area contributed by atoms with Crippen molar-refractivity contribution in [2.45, 2.75) is 19.9 Å². The summed E-state index contributed by atoms with van der Waals surface area (Å²) in [6.45, 7) is 4.32. The van der Waals surface area contributed by atoms with E-state index in [1.807, 2.05) is 6.07 Å². The van der Waals surface area contributed by atoms with Gasteiger partial charge in [-0.1, -0.05) is 19.9 Å².